The lowest BCUT2D eigenvalue weighted by Gasteiger charge is -2.31. The summed E-state index contributed by atoms with van der Waals surface area (Å²) in [6, 6.07) is 5.37. The number of carbonyl (C=O) groups excluding carboxylic acids is 1. The van der Waals surface area contributed by atoms with Crippen molar-refractivity contribution < 1.29 is 17.9 Å². The number of morpholine rings is 1. The molecule has 0 radical (unpaired) electrons. The van der Waals surface area contributed by atoms with Crippen LogP contribution in [-0.2, 0) is 19.4 Å². The molecule has 8 heteroatoms. The number of halogens is 1. The minimum absolute atomic E-state index is 0.00765. The number of allylic oxidation sites excluding steroid dienone is 1. The molecule has 2 aliphatic rings. The smallest absolute Gasteiger partial charge is 0.225 e. The molecular weight excluding hydrogens is 352 g/mol. The summed E-state index contributed by atoms with van der Waals surface area (Å²) >= 11 is 6.33. The minimum Gasteiger partial charge on any atom is -0.378 e. The van der Waals surface area contributed by atoms with Crippen LogP contribution in [0.4, 0.5) is 11.4 Å². The molecular formula is C16H19ClN2O4S. The molecule has 1 aromatic carbocycles. The van der Waals surface area contributed by atoms with Crippen LogP contribution < -0.4 is 10.2 Å². The van der Waals surface area contributed by atoms with E-state index >= 15 is 0 Å². The van der Waals surface area contributed by atoms with Crippen LogP contribution in [0.1, 0.15) is 6.42 Å². The lowest BCUT2D eigenvalue weighted by molar-refractivity contribution is -0.116. The Morgan fingerprint density at radius 2 is 2.08 bits per heavy atom. The van der Waals surface area contributed by atoms with Crippen molar-refractivity contribution in [3.8, 4) is 0 Å². The standard InChI is InChI=1S/C16H19ClN2O4S/c17-13-2-1-3-14(16(13)19-5-7-23-8-6-19)18-15(20)10-12-4-9-24(21,22)11-12/h1-4,9,12H,5-8,10-11H2,(H,18,20). The number of nitrogens with one attached hydrogen (secondary N) is 1. The van der Waals surface area contributed by atoms with Gasteiger partial charge in [-0.15, -0.1) is 0 Å². The highest BCUT2D eigenvalue weighted by molar-refractivity contribution is 7.94. The van der Waals surface area contributed by atoms with Crippen LogP contribution in [-0.4, -0.2) is 46.4 Å². The van der Waals surface area contributed by atoms with Gasteiger partial charge in [0.2, 0.25) is 5.91 Å². The van der Waals surface area contributed by atoms with Crippen molar-refractivity contribution in [2.75, 3.05) is 42.3 Å². The summed E-state index contributed by atoms with van der Waals surface area (Å²) in [4.78, 5) is 14.4. The zero-order valence-electron chi connectivity index (χ0n) is 13.1. The maximum atomic E-state index is 12.3. The molecule has 130 valence electrons. The van der Waals surface area contributed by atoms with E-state index in [1.165, 1.54) is 5.41 Å². The molecule has 0 bridgehead atoms. The van der Waals surface area contributed by atoms with Crippen molar-refractivity contribution >= 4 is 38.7 Å². The van der Waals surface area contributed by atoms with Gasteiger partial charge in [-0.05, 0) is 12.1 Å². The van der Waals surface area contributed by atoms with Crippen LogP contribution in [0.3, 0.4) is 0 Å². The van der Waals surface area contributed by atoms with E-state index in [4.69, 9.17) is 16.3 Å². The summed E-state index contributed by atoms with van der Waals surface area (Å²) in [6.45, 7) is 2.64. The predicted octanol–water partition coefficient (Wildman–Crippen LogP) is 2.06. The van der Waals surface area contributed by atoms with Gasteiger partial charge in [0.15, 0.2) is 9.84 Å². The Labute approximate surface area is 146 Å². The second-order valence-corrected chi connectivity index (χ2v) is 8.24. The zero-order valence-corrected chi connectivity index (χ0v) is 14.6. The van der Waals surface area contributed by atoms with Gasteiger partial charge in [-0.3, -0.25) is 4.79 Å². The van der Waals surface area contributed by atoms with E-state index in [2.05, 4.69) is 10.2 Å². The fraction of sp³-hybridized carbons (Fsp3) is 0.438. The van der Waals surface area contributed by atoms with Gasteiger partial charge in [0.25, 0.3) is 0 Å². The zero-order chi connectivity index (χ0) is 17.2. The molecule has 1 aromatic rings. The molecule has 2 aliphatic heterocycles. The van der Waals surface area contributed by atoms with Crippen LogP contribution in [0.15, 0.2) is 29.7 Å². The van der Waals surface area contributed by atoms with Gasteiger partial charge < -0.3 is 15.0 Å². The fourth-order valence-electron chi connectivity index (χ4n) is 2.93. The summed E-state index contributed by atoms with van der Waals surface area (Å²) in [7, 11) is -3.15. The summed E-state index contributed by atoms with van der Waals surface area (Å²) in [6.07, 6.45) is 1.71. The first-order chi connectivity index (χ1) is 11.4. The van der Waals surface area contributed by atoms with Crippen LogP contribution >= 0.6 is 11.6 Å². The van der Waals surface area contributed by atoms with Crippen molar-refractivity contribution in [1.82, 2.24) is 0 Å². The van der Waals surface area contributed by atoms with Gasteiger partial charge in [-0.2, -0.15) is 0 Å². The van der Waals surface area contributed by atoms with E-state index in [9.17, 15) is 13.2 Å². The molecule has 1 N–H and O–H groups in total. The lowest BCUT2D eigenvalue weighted by Crippen LogP contribution is -2.37. The molecule has 3 rings (SSSR count). The molecule has 0 saturated carbocycles. The summed E-state index contributed by atoms with van der Waals surface area (Å²) in [5.74, 6) is -0.508. The SMILES string of the molecule is O=C(CC1C=CS(=O)(=O)C1)Nc1cccc(Cl)c1N1CCOCC1. The largest absolute Gasteiger partial charge is 0.378 e. The Balaban J connectivity index is 1.71. The first-order valence-corrected chi connectivity index (χ1v) is 9.86. The number of rotatable bonds is 4. The first kappa shape index (κ1) is 17.3. The number of amides is 1. The van der Waals surface area contributed by atoms with E-state index < -0.39 is 9.84 Å². The van der Waals surface area contributed by atoms with Crippen LogP contribution in [0.5, 0.6) is 0 Å². The van der Waals surface area contributed by atoms with E-state index in [0.29, 0.717) is 37.0 Å². The Morgan fingerprint density at radius 3 is 2.75 bits per heavy atom. The van der Waals surface area contributed by atoms with Crippen LogP contribution in [0.25, 0.3) is 0 Å². The third-order valence-electron chi connectivity index (χ3n) is 4.04. The number of hydrogen-bond acceptors (Lipinski definition) is 5. The molecule has 1 saturated heterocycles. The van der Waals surface area contributed by atoms with Crippen molar-refractivity contribution in [3.05, 3.63) is 34.7 Å². The summed E-state index contributed by atoms with van der Waals surface area (Å²) in [5.41, 5.74) is 1.42. The molecule has 2 heterocycles. The highest BCUT2D eigenvalue weighted by Gasteiger charge is 2.25. The van der Waals surface area contributed by atoms with E-state index in [1.807, 2.05) is 0 Å². The second kappa shape index (κ2) is 7.13. The number of benzene rings is 1. The van der Waals surface area contributed by atoms with Crippen molar-refractivity contribution in [3.63, 3.8) is 0 Å². The number of sulfone groups is 1. The molecule has 1 atom stereocenters. The third kappa shape index (κ3) is 4.09. The highest BCUT2D eigenvalue weighted by Crippen LogP contribution is 2.34. The molecule has 1 fully saturated rings. The van der Waals surface area contributed by atoms with E-state index in [0.717, 1.165) is 5.69 Å². The van der Waals surface area contributed by atoms with Crippen LogP contribution in [0.2, 0.25) is 5.02 Å². The average Bonchev–Trinajstić information content (AvgIpc) is 2.87. The summed E-state index contributed by atoms with van der Waals surface area (Å²) < 4.78 is 28.2. The summed E-state index contributed by atoms with van der Waals surface area (Å²) in [5, 5.41) is 4.62. The van der Waals surface area contributed by atoms with Gasteiger partial charge in [0.05, 0.1) is 35.4 Å². The average molecular weight is 371 g/mol. The maximum Gasteiger partial charge on any atom is 0.225 e. The van der Waals surface area contributed by atoms with Crippen molar-refractivity contribution in [2.24, 2.45) is 5.92 Å². The lowest BCUT2D eigenvalue weighted by atomic mass is 10.1. The molecule has 0 aromatic heterocycles. The van der Waals surface area contributed by atoms with Crippen LogP contribution in [0, 0.1) is 5.92 Å². The van der Waals surface area contributed by atoms with Crippen molar-refractivity contribution in [1.29, 1.82) is 0 Å². The quantitative estimate of drug-likeness (QED) is 0.878. The third-order valence-corrected chi connectivity index (χ3v) is 5.81. The van der Waals surface area contributed by atoms with E-state index in [1.54, 1.807) is 24.3 Å². The molecule has 6 nitrogen and oxygen atoms in total. The predicted molar refractivity (Wildman–Crippen MR) is 94.1 cm³/mol. The number of carbonyl (C=O) groups is 1. The molecule has 24 heavy (non-hydrogen) atoms. The number of anilines is 2. The molecule has 0 aliphatic carbocycles. The van der Waals surface area contributed by atoms with Gasteiger partial charge in [0, 0.05) is 30.8 Å². The topological polar surface area (TPSA) is 75.7 Å². The Bertz CT molecular complexity index is 757. The van der Waals surface area contributed by atoms with Gasteiger partial charge >= 0.3 is 0 Å². The maximum absolute atomic E-state index is 12.3. The number of nitrogens with zero attached hydrogens (tertiary/aromatic N) is 1. The number of hydrogen-bond donors (Lipinski definition) is 1. The van der Waals surface area contributed by atoms with Gasteiger partial charge in [0.1, 0.15) is 0 Å². The Kier molecular flexibility index (Phi) is 5.12. The fourth-order valence-corrected chi connectivity index (χ4v) is 4.62. The highest BCUT2D eigenvalue weighted by atomic mass is 35.5. The van der Waals surface area contributed by atoms with Crippen molar-refractivity contribution in [2.45, 2.75) is 6.42 Å². The van der Waals surface area contributed by atoms with Gasteiger partial charge in [-0.1, -0.05) is 23.7 Å². The molecule has 0 spiro atoms. The van der Waals surface area contributed by atoms with Gasteiger partial charge in [-0.25, -0.2) is 8.42 Å². The number of ether oxygens (including phenoxy) is 1. The monoisotopic (exact) mass is 370 g/mol. The van der Waals surface area contributed by atoms with E-state index in [-0.39, 0.29) is 24.0 Å². The number of para-hydroxylation sites is 1. The second-order valence-electron chi connectivity index (χ2n) is 5.91. The normalized spacial score (nSPS) is 22.5. The molecule has 1 unspecified atom stereocenters. The molecule has 1 amide bonds. The first-order valence-electron chi connectivity index (χ1n) is 7.76. The minimum atomic E-state index is -3.15. The Morgan fingerprint density at radius 1 is 1.33 bits per heavy atom. The Hall–Kier alpha value is -1.57.